The summed E-state index contributed by atoms with van der Waals surface area (Å²) in [5, 5.41) is 1.27. The number of carbonyl (C=O) groups excluding carboxylic acids is 1. The van der Waals surface area contributed by atoms with E-state index in [1.54, 1.807) is 6.92 Å². The smallest absolute Gasteiger partial charge is 0.333 e. The van der Waals surface area contributed by atoms with Crippen LogP contribution in [0.4, 0.5) is 0 Å². The number of hydrogen-bond donors (Lipinski definition) is 0. The van der Waals surface area contributed by atoms with Crippen molar-refractivity contribution in [3.8, 4) is 0 Å². The molecule has 0 heterocycles. The molecule has 0 aliphatic rings. The first-order chi connectivity index (χ1) is 13.6. The van der Waals surface area contributed by atoms with Crippen molar-refractivity contribution >= 4 is 44.9 Å². The molecule has 1 rings (SSSR count). The molecule has 1 aromatic rings. The molecule has 0 N–H and O–H groups in total. The second kappa shape index (κ2) is 10.7. The summed E-state index contributed by atoms with van der Waals surface area (Å²) in [5.74, 6) is -0.330. The first-order valence-electron chi connectivity index (χ1n) is 10.5. The van der Waals surface area contributed by atoms with Crippen molar-refractivity contribution < 1.29 is 21.9 Å². The van der Waals surface area contributed by atoms with Crippen molar-refractivity contribution in [3.63, 3.8) is 0 Å². The molecular formula is C21H40O5Si4. The zero-order valence-electron chi connectivity index (χ0n) is 20.3. The zero-order valence-corrected chi connectivity index (χ0v) is 24.3. The largest absolute Gasteiger partial charge is 0.462 e. The van der Waals surface area contributed by atoms with E-state index in [1.807, 2.05) is 6.07 Å². The lowest BCUT2D eigenvalue weighted by Crippen LogP contribution is -2.59. The Morgan fingerprint density at radius 1 is 0.867 bits per heavy atom. The summed E-state index contributed by atoms with van der Waals surface area (Å²) in [4.78, 5) is 11.5. The molecule has 0 saturated heterocycles. The Labute approximate surface area is 187 Å². The molecule has 0 saturated carbocycles. The van der Waals surface area contributed by atoms with Gasteiger partial charge in [0, 0.05) is 5.57 Å². The minimum absolute atomic E-state index is 0.330. The molecule has 30 heavy (non-hydrogen) atoms. The van der Waals surface area contributed by atoms with Crippen molar-refractivity contribution in [2.24, 2.45) is 0 Å². The quantitative estimate of drug-likeness (QED) is 0.175. The highest BCUT2D eigenvalue weighted by molar-refractivity contribution is 6.93. The zero-order chi connectivity index (χ0) is 23.2. The number of hydrogen-bond acceptors (Lipinski definition) is 5. The number of esters is 1. The second-order valence-corrected chi connectivity index (χ2v) is 25.4. The molecule has 0 aliphatic heterocycles. The Kier molecular flexibility index (Phi) is 9.67. The Balaban J connectivity index is 2.64. The van der Waals surface area contributed by atoms with Gasteiger partial charge in [0.2, 0.25) is 8.32 Å². The molecular weight excluding hydrogens is 445 g/mol. The molecule has 0 aromatic heterocycles. The average Bonchev–Trinajstić information content (AvgIpc) is 2.56. The number of carbonyl (C=O) groups is 1. The van der Waals surface area contributed by atoms with Gasteiger partial charge < -0.3 is 17.1 Å². The van der Waals surface area contributed by atoms with E-state index in [-0.39, 0.29) is 5.97 Å². The van der Waals surface area contributed by atoms with Gasteiger partial charge in [-0.15, -0.1) is 0 Å². The second-order valence-electron chi connectivity index (χ2n) is 9.76. The lowest BCUT2D eigenvalue weighted by atomic mass is 10.4. The van der Waals surface area contributed by atoms with E-state index in [2.05, 4.69) is 83.2 Å². The maximum absolute atomic E-state index is 11.5. The Bertz CT molecular complexity index is 717. The van der Waals surface area contributed by atoms with Crippen LogP contribution < -0.4 is 5.19 Å². The fourth-order valence-corrected chi connectivity index (χ4v) is 22.6. The van der Waals surface area contributed by atoms with Crippen molar-refractivity contribution in [1.82, 2.24) is 0 Å². The van der Waals surface area contributed by atoms with Crippen LogP contribution in [0.3, 0.4) is 0 Å². The minimum atomic E-state index is -2.38. The molecule has 0 unspecified atom stereocenters. The van der Waals surface area contributed by atoms with Gasteiger partial charge in [0.1, 0.15) is 0 Å². The van der Waals surface area contributed by atoms with Crippen molar-refractivity contribution in [1.29, 1.82) is 0 Å². The summed E-state index contributed by atoms with van der Waals surface area (Å²) in [6, 6.07) is 11.4. The van der Waals surface area contributed by atoms with Crippen molar-refractivity contribution in [2.45, 2.75) is 71.8 Å². The predicted octanol–water partition coefficient (Wildman–Crippen LogP) is 5.27. The monoisotopic (exact) mass is 484 g/mol. The lowest BCUT2D eigenvalue weighted by Gasteiger charge is -2.41. The fourth-order valence-electron chi connectivity index (χ4n) is 3.65. The van der Waals surface area contributed by atoms with Crippen LogP contribution in [-0.4, -0.2) is 46.3 Å². The topological polar surface area (TPSA) is 54.0 Å². The van der Waals surface area contributed by atoms with Crippen LogP contribution in [0.15, 0.2) is 42.5 Å². The van der Waals surface area contributed by atoms with Crippen molar-refractivity contribution in [3.05, 3.63) is 42.5 Å². The minimum Gasteiger partial charge on any atom is -0.462 e. The van der Waals surface area contributed by atoms with E-state index in [0.29, 0.717) is 12.2 Å². The summed E-state index contributed by atoms with van der Waals surface area (Å²) in [6.45, 7) is 23.0. The van der Waals surface area contributed by atoms with Crippen LogP contribution >= 0.6 is 0 Å². The molecule has 170 valence electrons. The highest BCUT2D eigenvalue weighted by Gasteiger charge is 2.43. The van der Waals surface area contributed by atoms with Crippen LogP contribution in [0, 0.1) is 0 Å². The summed E-state index contributed by atoms with van der Waals surface area (Å²) >= 11 is 0. The lowest BCUT2D eigenvalue weighted by molar-refractivity contribution is -0.138. The molecule has 0 fully saturated rings. The van der Waals surface area contributed by atoms with Gasteiger partial charge >= 0.3 is 23.1 Å². The molecule has 0 bridgehead atoms. The maximum Gasteiger partial charge on any atom is 0.333 e. The third kappa shape index (κ3) is 9.99. The third-order valence-corrected chi connectivity index (χ3v) is 19.9. The molecule has 9 heteroatoms. The summed E-state index contributed by atoms with van der Waals surface area (Å²) in [7, 11) is -8.78. The highest BCUT2D eigenvalue weighted by atomic mass is 28.5. The summed E-state index contributed by atoms with van der Waals surface area (Å²) in [6.07, 6.45) is 0.786. The van der Waals surface area contributed by atoms with E-state index < -0.39 is 33.8 Å². The number of benzene rings is 1. The van der Waals surface area contributed by atoms with Gasteiger partial charge in [-0.3, -0.25) is 0 Å². The van der Waals surface area contributed by atoms with Crippen molar-refractivity contribution in [2.75, 3.05) is 6.61 Å². The van der Waals surface area contributed by atoms with Crippen LogP contribution in [0.2, 0.25) is 58.4 Å². The van der Waals surface area contributed by atoms with E-state index in [9.17, 15) is 4.79 Å². The number of rotatable bonds is 12. The molecule has 0 radical (unpaired) electrons. The van der Waals surface area contributed by atoms with Gasteiger partial charge in [0.25, 0.3) is 0 Å². The molecule has 0 amide bonds. The summed E-state index contributed by atoms with van der Waals surface area (Å²) in [5.41, 5.74) is 0.430. The van der Waals surface area contributed by atoms with Crippen LogP contribution in [0.1, 0.15) is 13.3 Å². The predicted molar refractivity (Wildman–Crippen MR) is 134 cm³/mol. The maximum atomic E-state index is 11.5. The van der Waals surface area contributed by atoms with E-state index in [0.717, 1.165) is 12.5 Å². The van der Waals surface area contributed by atoms with Gasteiger partial charge in [-0.05, 0) is 77.0 Å². The van der Waals surface area contributed by atoms with Gasteiger partial charge in [-0.1, -0.05) is 36.9 Å². The Hall–Kier alpha value is -0.822. The Morgan fingerprint density at radius 2 is 1.40 bits per heavy atom. The van der Waals surface area contributed by atoms with E-state index in [1.165, 1.54) is 5.19 Å². The SMILES string of the molecule is C=C(C)C(=O)OCCC[Si](C)(C)O[Si](C)(C)O[Si](C)(C)O[Si](C)(C)c1ccccc1. The first-order valence-corrected chi connectivity index (χ1v) is 22.2. The Morgan fingerprint density at radius 3 is 1.93 bits per heavy atom. The van der Waals surface area contributed by atoms with Gasteiger partial charge in [0.05, 0.1) is 6.61 Å². The molecule has 5 nitrogen and oxygen atoms in total. The standard InChI is InChI=1S/C21H40O5Si4/c1-19(2)21(22)23-17-14-18-27(3,4)24-29(7,8)26-30(9,10)25-28(5,6)20-15-12-11-13-16-20/h11-13,15-16H,1,14,17-18H2,2-10H3. The fraction of sp³-hybridized carbons (Fsp3) is 0.571. The normalized spacial score (nSPS) is 13.2. The molecule has 0 aliphatic carbocycles. The average molecular weight is 485 g/mol. The third-order valence-electron chi connectivity index (χ3n) is 4.49. The first kappa shape index (κ1) is 27.2. The molecule has 1 aromatic carbocycles. The van der Waals surface area contributed by atoms with Gasteiger partial charge in [0.15, 0.2) is 8.32 Å². The van der Waals surface area contributed by atoms with Crippen LogP contribution in [0.5, 0.6) is 0 Å². The van der Waals surface area contributed by atoms with Gasteiger partial charge in [-0.25, -0.2) is 4.79 Å². The highest BCUT2D eigenvalue weighted by Crippen LogP contribution is 2.26. The van der Waals surface area contributed by atoms with Gasteiger partial charge in [-0.2, -0.15) is 0 Å². The number of ether oxygens (including phenoxy) is 1. The van der Waals surface area contributed by atoms with E-state index in [4.69, 9.17) is 17.1 Å². The van der Waals surface area contributed by atoms with Crippen LogP contribution in [0.25, 0.3) is 0 Å². The van der Waals surface area contributed by atoms with E-state index >= 15 is 0 Å². The summed E-state index contributed by atoms with van der Waals surface area (Å²) < 4.78 is 25.1. The molecule has 0 spiro atoms. The molecule has 0 atom stereocenters. The van der Waals surface area contributed by atoms with Crippen LogP contribution in [-0.2, 0) is 21.9 Å².